The molecule has 0 radical (unpaired) electrons. The van der Waals surface area contributed by atoms with E-state index in [0.29, 0.717) is 17.8 Å². The summed E-state index contributed by atoms with van der Waals surface area (Å²) in [6, 6.07) is 4.20. The minimum absolute atomic E-state index is 0.417. The van der Waals surface area contributed by atoms with E-state index in [1.165, 1.54) is 19.3 Å². The van der Waals surface area contributed by atoms with Crippen LogP contribution in [0.3, 0.4) is 0 Å². The van der Waals surface area contributed by atoms with Crippen molar-refractivity contribution in [2.45, 2.75) is 38.3 Å². The number of piperidine rings is 1. The first kappa shape index (κ1) is 12.7. The van der Waals surface area contributed by atoms with Crippen LogP contribution in [0.15, 0.2) is 12.1 Å². The van der Waals surface area contributed by atoms with E-state index in [-0.39, 0.29) is 0 Å². The summed E-state index contributed by atoms with van der Waals surface area (Å²) < 4.78 is 5.58. The van der Waals surface area contributed by atoms with Gasteiger partial charge in [-0.15, -0.1) is 5.10 Å². The molecule has 0 saturated carbocycles. The molecule has 0 aromatic carbocycles. The Hall–Kier alpha value is -0.710. The third-order valence-corrected chi connectivity index (χ3v) is 3.16. The second kappa shape index (κ2) is 6.89. The number of ether oxygens (including phenoxy) is 1. The van der Waals surface area contributed by atoms with E-state index in [1.54, 1.807) is 6.07 Å². The van der Waals surface area contributed by atoms with Crippen LogP contribution >= 0.6 is 11.6 Å². The van der Waals surface area contributed by atoms with Crippen molar-refractivity contribution in [1.29, 1.82) is 0 Å². The second-order valence-electron chi connectivity index (χ2n) is 4.34. The highest BCUT2D eigenvalue weighted by Gasteiger charge is 2.11. The summed E-state index contributed by atoms with van der Waals surface area (Å²) in [5.74, 6) is 0. The standard InChI is InChI=1S/C12H18ClN3O/c13-12-5-4-11(15-16-12)9-17-8-6-10-3-1-2-7-14-10/h4-5,10,14H,1-3,6-9H2. The average molecular weight is 256 g/mol. The lowest BCUT2D eigenvalue weighted by Crippen LogP contribution is -2.34. The molecule has 5 heteroatoms. The Balaban J connectivity index is 1.60. The number of halogens is 1. The van der Waals surface area contributed by atoms with E-state index in [2.05, 4.69) is 15.5 Å². The van der Waals surface area contributed by atoms with Gasteiger partial charge in [0, 0.05) is 12.6 Å². The van der Waals surface area contributed by atoms with Crippen molar-refractivity contribution in [2.24, 2.45) is 0 Å². The molecule has 4 nitrogen and oxygen atoms in total. The molecule has 2 heterocycles. The predicted molar refractivity (Wildman–Crippen MR) is 67.0 cm³/mol. The average Bonchev–Trinajstić information content (AvgIpc) is 2.38. The first-order valence-electron chi connectivity index (χ1n) is 6.14. The zero-order valence-electron chi connectivity index (χ0n) is 9.86. The normalized spacial score (nSPS) is 20.4. The van der Waals surface area contributed by atoms with Gasteiger partial charge in [-0.05, 0) is 37.9 Å². The molecule has 1 atom stereocenters. The van der Waals surface area contributed by atoms with Gasteiger partial charge in [0.25, 0.3) is 0 Å². The maximum Gasteiger partial charge on any atom is 0.151 e. The minimum atomic E-state index is 0.417. The molecule has 1 aromatic rings. The van der Waals surface area contributed by atoms with Gasteiger partial charge >= 0.3 is 0 Å². The third-order valence-electron chi connectivity index (χ3n) is 2.96. The monoisotopic (exact) mass is 255 g/mol. The SMILES string of the molecule is Clc1ccc(COCCC2CCCCN2)nn1. The van der Waals surface area contributed by atoms with Gasteiger partial charge in [-0.2, -0.15) is 5.10 Å². The van der Waals surface area contributed by atoms with Crippen LogP contribution in [0, 0.1) is 0 Å². The van der Waals surface area contributed by atoms with Crippen molar-refractivity contribution in [2.75, 3.05) is 13.2 Å². The van der Waals surface area contributed by atoms with Crippen LogP contribution in [0.2, 0.25) is 5.15 Å². The molecule has 94 valence electrons. The molecule has 0 amide bonds. The molecule has 1 aromatic heterocycles. The molecule has 0 spiro atoms. The number of rotatable bonds is 5. The van der Waals surface area contributed by atoms with Crippen molar-refractivity contribution >= 4 is 11.6 Å². The molecule has 0 aliphatic carbocycles. The highest BCUT2D eigenvalue weighted by molar-refractivity contribution is 6.29. The van der Waals surface area contributed by atoms with Gasteiger partial charge in [0.05, 0.1) is 12.3 Å². The molecule has 0 bridgehead atoms. The second-order valence-corrected chi connectivity index (χ2v) is 4.72. The van der Waals surface area contributed by atoms with Gasteiger partial charge < -0.3 is 10.1 Å². The van der Waals surface area contributed by atoms with E-state index in [4.69, 9.17) is 16.3 Å². The number of hydrogen-bond acceptors (Lipinski definition) is 4. The summed E-state index contributed by atoms with van der Waals surface area (Å²) in [7, 11) is 0. The van der Waals surface area contributed by atoms with Gasteiger partial charge in [0.2, 0.25) is 0 Å². The topological polar surface area (TPSA) is 47.0 Å². The summed E-state index contributed by atoms with van der Waals surface area (Å²) in [5.41, 5.74) is 0.825. The first-order valence-corrected chi connectivity index (χ1v) is 6.51. The van der Waals surface area contributed by atoms with Crippen LogP contribution in [0.4, 0.5) is 0 Å². The van der Waals surface area contributed by atoms with Crippen LogP contribution < -0.4 is 5.32 Å². The van der Waals surface area contributed by atoms with Crippen molar-refractivity contribution in [3.8, 4) is 0 Å². The predicted octanol–water partition coefficient (Wildman–Crippen LogP) is 2.18. The lowest BCUT2D eigenvalue weighted by Gasteiger charge is -2.23. The van der Waals surface area contributed by atoms with Gasteiger partial charge in [-0.1, -0.05) is 18.0 Å². The summed E-state index contributed by atoms with van der Waals surface area (Å²) in [6.45, 7) is 2.42. The summed E-state index contributed by atoms with van der Waals surface area (Å²) in [4.78, 5) is 0. The molecule has 1 N–H and O–H groups in total. The third kappa shape index (κ3) is 4.58. The molecular formula is C12H18ClN3O. The van der Waals surface area contributed by atoms with E-state index in [0.717, 1.165) is 25.3 Å². The molecule has 1 unspecified atom stereocenters. The zero-order valence-corrected chi connectivity index (χ0v) is 10.6. The van der Waals surface area contributed by atoms with E-state index in [1.807, 2.05) is 6.07 Å². The van der Waals surface area contributed by atoms with Crippen LogP contribution in [-0.2, 0) is 11.3 Å². The molecule has 17 heavy (non-hydrogen) atoms. The van der Waals surface area contributed by atoms with Gasteiger partial charge in [0.15, 0.2) is 5.15 Å². The quantitative estimate of drug-likeness (QED) is 0.820. The zero-order chi connectivity index (χ0) is 11.9. The number of nitrogens with one attached hydrogen (secondary N) is 1. The minimum Gasteiger partial charge on any atom is -0.375 e. The smallest absolute Gasteiger partial charge is 0.151 e. The Morgan fingerprint density at radius 3 is 3.00 bits per heavy atom. The molecule has 1 aliphatic rings. The van der Waals surface area contributed by atoms with E-state index < -0.39 is 0 Å². The Bertz CT molecular complexity index is 325. The molecule has 1 fully saturated rings. The van der Waals surface area contributed by atoms with Gasteiger partial charge in [-0.3, -0.25) is 0 Å². The van der Waals surface area contributed by atoms with Crippen molar-refractivity contribution in [1.82, 2.24) is 15.5 Å². The van der Waals surface area contributed by atoms with Crippen molar-refractivity contribution < 1.29 is 4.74 Å². The van der Waals surface area contributed by atoms with Crippen LogP contribution in [0.5, 0.6) is 0 Å². The first-order chi connectivity index (χ1) is 8.34. The van der Waals surface area contributed by atoms with Crippen molar-refractivity contribution in [3.63, 3.8) is 0 Å². The highest BCUT2D eigenvalue weighted by atomic mass is 35.5. The van der Waals surface area contributed by atoms with E-state index in [9.17, 15) is 0 Å². The van der Waals surface area contributed by atoms with Gasteiger partial charge in [-0.25, -0.2) is 0 Å². The summed E-state index contributed by atoms with van der Waals surface area (Å²) in [6.07, 6.45) is 4.98. The lowest BCUT2D eigenvalue weighted by atomic mass is 10.0. The van der Waals surface area contributed by atoms with Gasteiger partial charge in [0.1, 0.15) is 0 Å². The fourth-order valence-electron chi connectivity index (χ4n) is 1.99. The number of aromatic nitrogens is 2. The fraction of sp³-hybridized carbons (Fsp3) is 0.667. The van der Waals surface area contributed by atoms with E-state index >= 15 is 0 Å². The van der Waals surface area contributed by atoms with Crippen molar-refractivity contribution in [3.05, 3.63) is 23.0 Å². The largest absolute Gasteiger partial charge is 0.375 e. The summed E-state index contributed by atoms with van der Waals surface area (Å²) >= 11 is 5.65. The Kier molecular flexibility index (Phi) is 5.16. The summed E-state index contributed by atoms with van der Waals surface area (Å²) in [5, 5.41) is 11.6. The molecule has 2 rings (SSSR count). The maximum absolute atomic E-state index is 5.65. The Morgan fingerprint density at radius 2 is 2.29 bits per heavy atom. The number of nitrogens with zero attached hydrogens (tertiary/aromatic N) is 2. The number of hydrogen-bond donors (Lipinski definition) is 1. The Labute approximate surface area is 107 Å². The Morgan fingerprint density at radius 1 is 1.35 bits per heavy atom. The van der Waals surface area contributed by atoms with Crippen LogP contribution in [0.25, 0.3) is 0 Å². The highest BCUT2D eigenvalue weighted by Crippen LogP contribution is 2.10. The van der Waals surface area contributed by atoms with Crippen LogP contribution in [-0.4, -0.2) is 29.4 Å². The van der Waals surface area contributed by atoms with Crippen LogP contribution in [0.1, 0.15) is 31.4 Å². The molecule has 1 aliphatic heterocycles. The fourth-order valence-corrected chi connectivity index (χ4v) is 2.09. The molecule has 1 saturated heterocycles. The molecular weight excluding hydrogens is 238 g/mol. The maximum atomic E-state index is 5.65. The lowest BCUT2D eigenvalue weighted by molar-refractivity contribution is 0.105.